The monoisotopic (exact) mass is 371 g/mol. The molecule has 3 N–H and O–H groups in total. The molecule has 0 aliphatic heterocycles. The van der Waals surface area contributed by atoms with Crippen LogP contribution in [0.4, 0.5) is 11.8 Å². The van der Waals surface area contributed by atoms with Gasteiger partial charge in [0.2, 0.25) is 5.95 Å². The van der Waals surface area contributed by atoms with Crippen LogP contribution in [0.1, 0.15) is 43.5 Å². The van der Waals surface area contributed by atoms with Crippen LogP contribution in [0.3, 0.4) is 0 Å². The van der Waals surface area contributed by atoms with E-state index in [0.717, 1.165) is 42.0 Å². The molecule has 0 fully saturated rings. The van der Waals surface area contributed by atoms with Crippen molar-refractivity contribution in [2.45, 2.75) is 46.1 Å². The Balaban J connectivity index is 2.08. The summed E-state index contributed by atoms with van der Waals surface area (Å²) in [5.41, 5.74) is 9.26. The number of nitrogen functional groups attached to an aromatic ring is 1. The minimum absolute atomic E-state index is 0.329. The zero-order chi connectivity index (χ0) is 19.8. The first-order valence-electron chi connectivity index (χ1n) is 9.65. The van der Waals surface area contributed by atoms with Crippen LogP contribution in [0.2, 0.25) is 0 Å². The second-order valence-corrected chi connectivity index (χ2v) is 7.31. The number of hydrogen-bond donors (Lipinski definition) is 2. The van der Waals surface area contributed by atoms with Gasteiger partial charge in [-0.3, -0.25) is 0 Å². The molecule has 148 valence electrons. The van der Waals surface area contributed by atoms with Gasteiger partial charge in [-0.15, -0.1) is 0 Å². The number of anilines is 2. The van der Waals surface area contributed by atoms with Crippen molar-refractivity contribution in [3.8, 4) is 5.75 Å². The average Bonchev–Trinajstić information content (AvgIpc) is 2.58. The number of aryl methyl sites for hydroxylation is 1. The molecule has 0 radical (unpaired) electrons. The van der Waals surface area contributed by atoms with Gasteiger partial charge in [0.05, 0.1) is 0 Å². The average molecular weight is 372 g/mol. The predicted molar refractivity (Wildman–Crippen MR) is 112 cm³/mol. The first-order valence-corrected chi connectivity index (χ1v) is 9.65. The molecule has 0 bridgehead atoms. The SMILES string of the molecule is CCCC(C)Nc1nc(C)c(Cc2cccc(OCCN(C)C)c2)c(N)n1. The van der Waals surface area contributed by atoms with E-state index in [9.17, 15) is 0 Å². The predicted octanol–water partition coefficient (Wildman–Crippen LogP) is 3.50. The van der Waals surface area contributed by atoms with Gasteiger partial charge < -0.3 is 20.7 Å². The summed E-state index contributed by atoms with van der Waals surface area (Å²) in [5.74, 6) is 2.02. The fraction of sp³-hybridized carbons (Fsp3) is 0.524. The summed E-state index contributed by atoms with van der Waals surface area (Å²) in [6.07, 6.45) is 2.88. The minimum Gasteiger partial charge on any atom is -0.492 e. The molecule has 1 aromatic carbocycles. The van der Waals surface area contributed by atoms with Crippen molar-refractivity contribution >= 4 is 11.8 Å². The van der Waals surface area contributed by atoms with E-state index in [0.29, 0.717) is 30.8 Å². The summed E-state index contributed by atoms with van der Waals surface area (Å²) in [6.45, 7) is 7.83. The van der Waals surface area contributed by atoms with Gasteiger partial charge in [-0.1, -0.05) is 25.5 Å². The zero-order valence-corrected chi connectivity index (χ0v) is 17.2. The third-order valence-electron chi connectivity index (χ3n) is 4.43. The number of ether oxygens (including phenoxy) is 1. The molecular formula is C21H33N5O. The number of aromatic nitrogens is 2. The summed E-state index contributed by atoms with van der Waals surface area (Å²) in [4.78, 5) is 11.2. The van der Waals surface area contributed by atoms with Crippen molar-refractivity contribution in [3.63, 3.8) is 0 Å². The third-order valence-corrected chi connectivity index (χ3v) is 4.43. The highest BCUT2D eigenvalue weighted by molar-refractivity contribution is 5.49. The van der Waals surface area contributed by atoms with Gasteiger partial charge in [-0.05, 0) is 52.1 Å². The highest BCUT2D eigenvalue weighted by atomic mass is 16.5. The van der Waals surface area contributed by atoms with Crippen molar-refractivity contribution in [2.75, 3.05) is 38.3 Å². The van der Waals surface area contributed by atoms with E-state index in [2.05, 4.69) is 46.2 Å². The molecule has 2 rings (SSSR count). The first-order chi connectivity index (χ1) is 12.9. The second-order valence-electron chi connectivity index (χ2n) is 7.31. The molecule has 0 saturated carbocycles. The standard InChI is InChI=1S/C21H33N5O/c1-6-8-15(2)23-21-24-16(3)19(20(22)25-21)14-17-9-7-10-18(13-17)27-12-11-26(4)5/h7,9-10,13,15H,6,8,11-12,14H2,1-5H3,(H3,22,23,24,25). The summed E-state index contributed by atoms with van der Waals surface area (Å²) >= 11 is 0. The van der Waals surface area contributed by atoms with Crippen LogP contribution >= 0.6 is 0 Å². The van der Waals surface area contributed by atoms with E-state index in [1.54, 1.807) is 0 Å². The lowest BCUT2D eigenvalue weighted by atomic mass is 10.0. The molecule has 0 spiro atoms. The van der Waals surface area contributed by atoms with Crippen molar-refractivity contribution < 1.29 is 4.74 Å². The van der Waals surface area contributed by atoms with Crippen LogP contribution in [0.15, 0.2) is 24.3 Å². The Labute approximate surface area is 163 Å². The van der Waals surface area contributed by atoms with Crippen LogP contribution in [0, 0.1) is 6.92 Å². The number of nitrogens with one attached hydrogen (secondary N) is 1. The Kier molecular flexibility index (Phi) is 7.85. The van der Waals surface area contributed by atoms with Gasteiger partial charge in [0.15, 0.2) is 0 Å². The lowest BCUT2D eigenvalue weighted by molar-refractivity contribution is 0.261. The first kappa shape index (κ1) is 21.0. The number of benzene rings is 1. The second kappa shape index (κ2) is 10.1. The van der Waals surface area contributed by atoms with Gasteiger partial charge in [0.25, 0.3) is 0 Å². The topological polar surface area (TPSA) is 76.3 Å². The van der Waals surface area contributed by atoms with Gasteiger partial charge in [0, 0.05) is 30.3 Å². The fourth-order valence-electron chi connectivity index (χ4n) is 2.92. The quantitative estimate of drug-likeness (QED) is 0.666. The van der Waals surface area contributed by atoms with E-state index in [-0.39, 0.29) is 0 Å². The molecule has 6 heteroatoms. The molecule has 2 aromatic rings. The molecule has 0 aliphatic carbocycles. The fourth-order valence-corrected chi connectivity index (χ4v) is 2.92. The molecule has 27 heavy (non-hydrogen) atoms. The van der Waals surface area contributed by atoms with E-state index >= 15 is 0 Å². The Morgan fingerprint density at radius 1 is 1.26 bits per heavy atom. The van der Waals surface area contributed by atoms with Crippen molar-refractivity contribution in [1.82, 2.24) is 14.9 Å². The van der Waals surface area contributed by atoms with Gasteiger partial charge >= 0.3 is 0 Å². The van der Waals surface area contributed by atoms with Crippen molar-refractivity contribution in [1.29, 1.82) is 0 Å². The minimum atomic E-state index is 0.329. The Morgan fingerprint density at radius 3 is 2.70 bits per heavy atom. The van der Waals surface area contributed by atoms with E-state index in [1.165, 1.54) is 0 Å². The Bertz CT molecular complexity index is 709. The Morgan fingerprint density at radius 2 is 2.04 bits per heavy atom. The van der Waals surface area contributed by atoms with E-state index in [4.69, 9.17) is 10.5 Å². The number of hydrogen-bond acceptors (Lipinski definition) is 6. The van der Waals surface area contributed by atoms with E-state index < -0.39 is 0 Å². The van der Waals surface area contributed by atoms with Crippen LogP contribution < -0.4 is 15.8 Å². The number of rotatable bonds is 10. The maximum absolute atomic E-state index is 6.24. The summed E-state index contributed by atoms with van der Waals surface area (Å²) in [7, 11) is 4.07. The summed E-state index contributed by atoms with van der Waals surface area (Å²) in [6, 6.07) is 8.45. The molecule has 0 amide bonds. The molecule has 1 aromatic heterocycles. The van der Waals surface area contributed by atoms with Crippen LogP contribution in [0.5, 0.6) is 5.75 Å². The highest BCUT2D eigenvalue weighted by Crippen LogP contribution is 2.22. The molecule has 1 heterocycles. The maximum atomic E-state index is 6.24. The lowest BCUT2D eigenvalue weighted by Gasteiger charge is -2.16. The number of likely N-dealkylation sites (N-methyl/N-ethyl adjacent to an activating group) is 1. The van der Waals surface area contributed by atoms with Gasteiger partial charge in [-0.2, -0.15) is 4.98 Å². The Hall–Kier alpha value is -2.34. The molecule has 0 saturated heterocycles. The number of nitrogens with two attached hydrogens (primary N) is 1. The smallest absolute Gasteiger partial charge is 0.225 e. The number of nitrogens with zero attached hydrogens (tertiary/aromatic N) is 3. The van der Waals surface area contributed by atoms with Crippen LogP contribution in [-0.4, -0.2) is 48.2 Å². The van der Waals surface area contributed by atoms with E-state index in [1.807, 2.05) is 33.2 Å². The van der Waals surface area contributed by atoms with Crippen LogP contribution in [0.25, 0.3) is 0 Å². The van der Waals surface area contributed by atoms with Crippen molar-refractivity contribution in [3.05, 3.63) is 41.1 Å². The molecule has 0 aliphatic rings. The normalized spacial score (nSPS) is 12.2. The van der Waals surface area contributed by atoms with Gasteiger partial charge in [0.1, 0.15) is 18.2 Å². The summed E-state index contributed by atoms with van der Waals surface area (Å²) in [5, 5.41) is 3.33. The maximum Gasteiger partial charge on any atom is 0.225 e. The van der Waals surface area contributed by atoms with Crippen molar-refractivity contribution in [2.24, 2.45) is 0 Å². The molecule has 1 unspecified atom stereocenters. The molecule has 1 atom stereocenters. The highest BCUT2D eigenvalue weighted by Gasteiger charge is 2.12. The van der Waals surface area contributed by atoms with Crippen LogP contribution in [-0.2, 0) is 6.42 Å². The zero-order valence-electron chi connectivity index (χ0n) is 17.2. The summed E-state index contributed by atoms with van der Waals surface area (Å²) < 4.78 is 5.83. The third kappa shape index (κ3) is 6.71. The molecule has 6 nitrogen and oxygen atoms in total. The lowest BCUT2D eigenvalue weighted by Crippen LogP contribution is -2.19. The largest absolute Gasteiger partial charge is 0.492 e. The molecular weight excluding hydrogens is 338 g/mol. The van der Waals surface area contributed by atoms with Gasteiger partial charge in [-0.25, -0.2) is 4.98 Å².